The van der Waals surface area contributed by atoms with Gasteiger partial charge in [-0.05, 0) is 17.9 Å². The third kappa shape index (κ3) is 3.67. The number of carbonyl (C=O) groups excluding carboxylic acids is 1. The molecular weight excluding hydrogens is 208 g/mol. The summed E-state index contributed by atoms with van der Waals surface area (Å²) in [7, 11) is 0. The van der Waals surface area contributed by atoms with E-state index in [1.54, 1.807) is 0 Å². The van der Waals surface area contributed by atoms with Crippen molar-refractivity contribution in [3.63, 3.8) is 0 Å². The van der Waals surface area contributed by atoms with Gasteiger partial charge in [-0.2, -0.15) is 0 Å². The normalized spacial score (nSPS) is 12.8. The maximum atomic E-state index is 11.7. The van der Waals surface area contributed by atoms with E-state index in [-0.39, 0.29) is 17.6 Å². The lowest BCUT2D eigenvalue weighted by molar-refractivity contribution is -0.118. The van der Waals surface area contributed by atoms with Crippen molar-refractivity contribution in [2.75, 3.05) is 5.88 Å². The summed E-state index contributed by atoms with van der Waals surface area (Å²) in [6, 6.07) is 9.88. The highest BCUT2D eigenvalue weighted by Crippen LogP contribution is 2.24. The molecule has 0 heterocycles. The zero-order valence-corrected chi connectivity index (χ0v) is 10.00. The quantitative estimate of drug-likeness (QED) is 0.699. The van der Waals surface area contributed by atoms with E-state index in [1.807, 2.05) is 30.3 Å². The van der Waals surface area contributed by atoms with E-state index in [9.17, 15) is 4.79 Å². The van der Waals surface area contributed by atoms with E-state index in [2.05, 4.69) is 13.8 Å². The van der Waals surface area contributed by atoms with E-state index in [0.717, 1.165) is 12.0 Å². The number of Topliss-reactive ketones (excluding diaryl/α,β-unsaturated/α-hetero) is 1. The molecule has 1 aromatic carbocycles. The molecule has 0 aliphatic carbocycles. The zero-order valence-electron chi connectivity index (χ0n) is 9.24. The number of rotatable bonds is 5. The fourth-order valence-corrected chi connectivity index (χ4v) is 1.89. The van der Waals surface area contributed by atoms with Gasteiger partial charge in [0.15, 0.2) is 5.78 Å². The van der Waals surface area contributed by atoms with Crippen molar-refractivity contribution in [2.24, 2.45) is 5.92 Å². The lowest BCUT2D eigenvalue weighted by Crippen LogP contribution is -2.16. The molecule has 0 spiro atoms. The predicted molar refractivity (Wildman–Crippen MR) is 64.4 cm³/mol. The number of ketones is 1. The first-order valence-electron chi connectivity index (χ1n) is 5.28. The molecule has 82 valence electrons. The Morgan fingerprint density at radius 3 is 2.33 bits per heavy atom. The Labute approximate surface area is 96.5 Å². The highest BCUT2D eigenvalue weighted by molar-refractivity contribution is 6.28. The number of alkyl halides is 1. The van der Waals surface area contributed by atoms with Crippen molar-refractivity contribution in [3.8, 4) is 0 Å². The van der Waals surface area contributed by atoms with Gasteiger partial charge >= 0.3 is 0 Å². The fourth-order valence-electron chi connectivity index (χ4n) is 1.70. The lowest BCUT2D eigenvalue weighted by Gasteiger charge is -2.17. The van der Waals surface area contributed by atoms with Crippen molar-refractivity contribution in [2.45, 2.75) is 26.2 Å². The highest BCUT2D eigenvalue weighted by Gasteiger charge is 2.20. The van der Waals surface area contributed by atoms with Crippen LogP contribution in [0.3, 0.4) is 0 Å². The van der Waals surface area contributed by atoms with E-state index in [0.29, 0.717) is 5.92 Å². The molecule has 2 heteroatoms. The van der Waals surface area contributed by atoms with Crippen LogP contribution in [0.1, 0.15) is 31.7 Å². The number of halogens is 1. The van der Waals surface area contributed by atoms with Gasteiger partial charge in [0, 0.05) is 5.92 Å². The van der Waals surface area contributed by atoms with Crippen LogP contribution in [-0.2, 0) is 4.79 Å². The van der Waals surface area contributed by atoms with Crippen LogP contribution in [-0.4, -0.2) is 11.7 Å². The molecule has 1 aromatic rings. The minimum Gasteiger partial charge on any atom is -0.298 e. The largest absolute Gasteiger partial charge is 0.298 e. The molecule has 0 bridgehead atoms. The van der Waals surface area contributed by atoms with Crippen LogP contribution >= 0.6 is 11.6 Å². The van der Waals surface area contributed by atoms with Crippen molar-refractivity contribution >= 4 is 17.4 Å². The van der Waals surface area contributed by atoms with Gasteiger partial charge in [0.05, 0.1) is 5.88 Å². The first kappa shape index (κ1) is 12.3. The third-order valence-electron chi connectivity index (χ3n) is 2.43. The Balaban J connectivity index is 2.86. The molecule has 0 radical (unpaired) electrons. The molecule has 0 N–H and O–H groups in total. The number of hydrogen-bond acceptors (Lipinski definition) is 1. The van der Waals surface area contributed by atoms with Crippen molar-refractivity contribution in [1.29, 1.82) is 0 Å². The van der Waals surface area contributed by atoms with Gasteiger partial charge < -0.3 is 0 Å². The monoisotopic (exact) mass is 224 g/mol. The molecule has 1 unspecified atom stereocenters. The van der Waals surface area contributed by atoms with Gasteiger partial charge in [0.25, 0.3) is 0 Å². The maximum absolute atomic E-state index is 11.7. The Kier molecular flexibility index (Phi) is 4.83. The van der Waals surface area contributed by atoms with Gasteiger partial charge in [-0.1, -0.05) is 44.2 Å². The van der Waals surface area contributed by atoms with E-state index >= 15 is 0 Å². The molecular formula is C13H17ClO. The number of hydrogen-bond donors (Lipinski definition) is 0. The van der Waals surface area contributed by atoms with Crippen LogP contribution < -0.4 is 0 Å². The molecule has 0 aromatic heterocycles. The Morgan fingerprint density at radius 2 is 1.87 bits per heavy atom. The highest BCUT2D eigenvalue weighted by atomic mass is 35.5. The second kappa shape index (κ2) is 5.92. The van der Waals surface area contributed by atoms with Crippen molar-refractivity contribution in [1.82, 2.24) is 0 Å². The first-order chi connectivity index (χ1) is 7.15. The van der Waals surface area contributed by atoms with Gasteiger partial charge in [-0.15, -0.1) is 11.6 Å². The smallest absolute Gasteiger partial charge is 0.155 e. The second-order valence-corrected chi connectivity index (χ2v) is 4.46. The Hall–Kier alpha value is -0.820. The lowest BCUT2D eigenvalue weighted by atomic mass is 9.87. The summed E-state index contributed by atoms with van der Waals surface area (Å²) in [5.74, 6) is 0.689. The van der Waals surface area contributed by atoms with Crippen LogP contribution in [0.25, 0.3) is 0 Å². The van der Waals surface area contributed by atoms with E-state index in [1.165, 1.54) is 0 Å². The standard InChI is InChI=1S/C13H17ClO/c1-10(2)8-12(13(15)9-14)11-6-4-3-5-7-11/h3-7,10,12H,8-9H2,1-2H3. The van der Waals surface area contributed by atoms with Gasteiger partial charge in [0.1, 0.15) is 0 Å². The third-order valence-corrected chi connectivity index (χ3v) is 2.69. The molecule has 0 saturated heterocycles. The van der Waals surface area contributed by atoms with E-state index < -0.39 is 0 Å². The molecule has 0 aliphatic rings. The SMILES string of the molecule is CC(C)CC(C(=O)CCl)c1ccccc1. The number of benzene rings is 1. The van der Waals surface area contributed by atoms with E-state index in [4.69, 9.17) is 11.6 Å². The van der Waals surface area contributed by atoms with Crippen LogP contribution in [0.5, 0.6) is 0 Å². The van der Waals surface area contributed by atoms with Gasteiger partial charge in [-0.3, -0.25) is 4.79 Å². The molecule has 0 saturated carbocycles. The molecule has 1 nitrogen and oxygen atoms in total. The zero-order chi connectivity index (χ0) is 11.3. The predicted octanol–water partition coefficient (Wildman–Crippen LogP) is 3.62. The summed E-state index contributed by atoms with van der Waals surface area (Å²) >= 11 is 5.63. The molecule has 1 rings (SSSR count). The molecule has 0 fully saturated rings. The second-order valence-electron chi connectivity index (χ2n) is 4.19. The van der Waals surface area contributed by atoms with Crippen LogP contribution in [0, 0.1) is 5.92 Å². The minimum absolute atomic E-state index is 0.0382. The van der Waals surface area contributed by atoms with Crippen LogP contribution in [0.15, 0.2) is 30.3 Å². The summed E-state index contributed by atoms with van der Waals surface area (Å²) in [4.78, 5) is 11.7. The summed E-state index contributed by atoms with van der Waals surface area (Å²) < 4.78 is 0. The Morgan fingerprint density at radius 1 is 1.27 bits per heavy atom. The van der Waals surface area contributed by atoms with Crippen LogP contribution in [0.2, 0.25) is 0 Å². The summed E-state index contributed by atoms with van der Waals surface area (Å²) in [5, 5.41) is 0. The fraction of sp³-hybridized carbons (Fsp3) is 0.462. The first-order valence-corrected chi connectivity index (χ1v) is 5.82. The topological polar surface area (TPSA) is 17.1 Å². The molecule has 1 atom stereocenters. The molecule has 15 heavy (non-hydrogen) atoms. The van der Waals surface area contributed by atoms with Gasteiger partial charge in [-0.25, -0.2) is 0 Å². The number of carbonyl (C=O) groups is 1. The summed E-state index contributed by atoms with van der Waals surface area (Å²) in [5.41, 5.74) is 1.08. The maximum Gasteiger partial charge on any atom is 0.155 e. The van der Waals surface area contributed by atoms with Gasteiger partial charge in [0.2, 0.25) is 0 Å². The summed E-state index contributed by atoms with van der Waals surface area (Å²) in [6.45, 7) is 4.24. The van der Waals surface area contributed by atoms with Crippen molar-refractivity contribution < 1.29 is 4.79 Å². The Bertz CT molecular complexity index is 306. The van der Waals surface area contributed by atoms with Crippen molar-refractivity contribution in [3.05, 3.63) is 35.9 Å². The summed E-state index contributed by atoms with van der Waals surface area (Å²) in [6.07, 6.45) is 0.871. The molecule has 0 amide bonds. The molecule has 0 aliphatic heterocycles. The average Bonchev–Trinajstić information content (AvgIpc) is 2.26. The average molecular weight is 225 g/mol. The van der Waals surface area contributed by atoms with Crippen LogP contribution in [0.4, 0.5) is 0 Å². The minimum atomic E-state index is -0.0382.